The van der Waals surface area contributed by atoms with Gasteiger partial charge in [-0.15, -0.1) is 0 Å². The van der Waals surface area contributed by atoms with Crippen molar-refractivity contribution in [3.8, 4) is 5.88 Å². The molecule has 116 valence electrons. The summed E-state index contributed by atoms with van der Waals surface area (Å²) in [5.41, 5.74) is 2.96. The number of rotatable bonds is 4. The van der Waals surface area contributed by atoms with Crippen LogP contribution in [-0.2, 0) is 0 Å². The summed E-state index contributed by atoms with van der Waals surface area (Å²) in [6, 6.07) is 1.80. The molecule has 1 aromatic heterocycles. The minimum absolute atomic E-state index is 0.233. The van der Waals surface area contributed by atoms with Crippen molar-refractivity contribution in [2.24, 2.45) is 17.2 Å². The zero-order valence-electron chi connectivity index (χ0n) is 13.2. The molecule has 2 atom stereocenters. The molecule has 0 spiro atoms. The van der Waals surface area contributed by atoms with Crippen LogP contribution in [-0.4, -0.2) is 16.1 Å². The number of nitrogen functional groups attached to an aromatic ring is 1. The second kappa shape index (κ2) is 5.44. The van der Waals surface area contributed by atoms with E-state index in [1.54, 1.807) is 6.07 Å². The molecule has 0 aliphatic heterocycles. The number of hydrogen-bond acceptors (Lipinski definition) is 5. The third-order valence-corrected chi connectivity index (χ3v) is 4.44. The van der Waals surface area contributed by atoms with Crippen molar-refractivity contribution in [1.82, 2.24) is 9.97 Å². The molecule has 0 bridgehead atoms. The van der Waals surface area contributed by atoms with Crippen molar-refractivity contribution >= 4 is 5.82 Å². The number of nitrogens with two attached hydrogens (primary N) is 1. The molecule has 3 N–H and O–H groups in total. The molecule has 1 heterocycles. The van der Waals surface area contributed by atoms with Crippen LogP contribution in [0.4, 0.5) is 5.82 Å². The first kappa shape index (κ1) is 14.6. The highest BCUT2D eigenvalue weighted by molar-refractivity contribution is 5.38. The van der Waals surface area contributed by atoms with Gasteiger partial charge in [0.2, 0.25) is 5.88 Å². The van der Waals surface area contributed by atoms with Gasteiger partial charge in [0.15, 0.2) is 0 Å². The van der Waals surface area contributed by atoms with Crippen LogP contribution in [0.15, 0.2) is 6.07 Å². The van der Waals surface area contributed by atoms with Gasteiger partial charge in [-0.2, -0.15) is 4.98 Å². The van der Waals surface area contributed by atoms with Gasteiger partial charge < -0.3 is 10.2 Å². The van der Waals surface area contributed by atoms with E-state index in [0.29, 0.717) is 28.9 Å². The van der Waals surface area contributed by atoms with Gasteiger partial charge in [-0.3, -0.25) is 0 Å². The van der Waals surface area contributed by atoms with Crippen LogP contribution in [0.5, 0.6) is 5.88 Å². The van der Waals surface area contributed by atoms with Crippen LogP contribution in [0.1, 0.15) is 64.6 Å². The molecular formula is C16H26N4O. The van der Waals surface area contributed by atoms with Crippen molar-refractivity contribution < 1.29 is 4.74 Å². The first-order valence-electron chi connectivity index (χ1n) is 7.97. The maximum Gasteiger partial charge on any atom is 0.219 e. The predicted molar refractivity (Wildman–Crippen MR) is 83.0 cm³/mol. The third kappa shape index (κ3) is 3.64. The number of anilines is 1. The Labute approximate surface area is 126 Å². The van der Waals surface area contributed by atoms with Crippen molar-refractivity contribution in [2.45, 2.75) is 64.9 Å². The predicted octanol–water partition coefficient (Wildman–Crippen LogP) is 3.23. The van der Waals surface area contributed by atoms with Crippen molar-refractivity contribution in [1.29, 1.82) is 0 Å². The minimum atomic E-state index is 0.233. The average molecular weight is 290 g/mol. The Morgan fingerprint density at radius 1 is 1.29 bits per heavy atom. The van der Waals surface area contributed by atoms with Crippen LogP contribution in [0.2, 0.25) is 0 Å². The highest BCUT2D eigenvalue weighted by Crippen LogP contribution is 2.41. The van der Waals surface area contributed by atoms with Gasteiger partial charge in [-0.05, 0) is 43.4 Å². The minimum Gasteiger partial charge on any atom is -0.474 e. The van der Waals surface area contributed by atoms with Gasteiger partial charge in [-0.1, -0.05) is 20.8 Å². The van der Waals surface area contributed by atoms with E-state index >= 15 is 0 Å². The van der Waals surface area contributed by atoms with Gasteiger partial charge >= 0.3 is 0 Å². The van der Waals surface area contributed by atoms with Crippen LogP contribution < -0.4 is 16.0 Å². The molecule has 3 rings (SSSR count). The van der Waals surface area contributed by atoms with Crippen molar-refractivity contribution in [2.75, 3.05) is 5.43 Å². The maximum absolute atomic E-state index is 6.18. The Bertz CT molecular complexity index is 513. The Hall–Kier alpha value is -1.36. The summed E-state index contributed by atoms with van der Waals surface area (Å²) in [5, 5.41) is 0. The Morgan fingerprint density at radius 3 is 2.67 bits per heavy atom. The quantitative estimate of drug-likeness (QED) is 0.658. The van der Waals surface area contributed by atoms with E-state index in [9.17, 15) is 0 Å². The van der Waals surface area contributed by atoms with Gasteiger partial charge in [-0.25, -0.2) is 10.8 Å². The van der Waals surface area contributed by atoms with Crippen LogP contribution in [0.25, 0.3) is 0 Å². The molecule has 5 nitrogen and oxygen atoms in total. The summed E-state index contributed by atoms with van der Waals surface area (Å²) < 4.78 is 6.18. The van der Waals surface area contributed by atoms with E-state index in [2.05, 4.69) is 36.2 Å². The molecule has 2 fully saturated rings. The van der Waals surface area contributed by atoms with Gasteiger partial charge in [0, 0.05) is 12.0 Å². The standard InChI is InChI=1S/C16H26N4O/c1-10-6-12(9-16(2,3)8-10)21-14-7-13(20-17)18-15(19-14)11-4-5-11/h7,10-12H,4-6,8-9,17H2,1-3H3,(H,18,19,20). The van der Waals surface area contributed by atoms with Crippen LogP contribution >= 0.6 is 0 Å². The fourth-order valence-electron chi connectivity index (χ4n) is 3.62. The lowest BCUT2D eigenvalue weighted by Crippen LogP contribution is -2.34. The van der Waals surface area contributed by atoms with Crippen LogP contribution in [0, 0.1) is 11.3 Å². The Kier molecular flexibility index (Phi) is 3.78. The summed E-state index contributed by atoms with van der Waals surface area (Å²) in [4.78, 5) is 9.00. The van der Waals surface area contributed by atoms with E-state index in [-0.39, 0.29) is 6.10 Å². The molecule has 5 heteroatoms. The largest absolute Gasteiger partial charge is 0.474 e. The number of nitrogens with zero attached hydrogens (tertiary/aromatic N) is 2. The van der Waals surface area contributed by atoms with E-state index in [1.807, 2.05) is 0 Å². The highest BCUT2D eigenvalue weighted by atomic mass is 16.5. The van der Waals surface area contributed by atoms with E-state index in [1.165, 1.54) is 19.3 Å². The van der Waals surface area contributed by atoms with E-state index < -0.39 is 0 Å². The van der Waals surface area contributed by atoms with Crippen molar-refractivity contribution in [3.63, 3.8) is 0 Å². The average Bonchev–Trinajstić information content (AvgIpc) is 3.19. The lowest BCUT2D eigenvalue weighted by Gasteiger charge is -2.38. The molecule has 2 saturated carbocycles. The summed E-state index contributed by atoms with van der Waals surface area (Å²) in [5.74, 6) is 8.86. The molecule has 2 unspecified atom stereocenters. The maximum atomic E-state index is 6.18. The van der Waals surface area contributed by atoms with Crippen molar-refractivity contribution in [3.05, 3.63) is 11.9 Å². The van der Waals surface area contributed by atoms with E-state index in [0.717, 1.165) is 18.7 Å². The highest BCUT2D eigenvalue weighted by Gasteiger charge is 2.34. The Morgan fingerprint density at radius 2 is 2.05 bits per heavy atom. The summed E-state index contributed by atoms with van der Waals surface area (Å²) >= 11 is 0. The number of hydrogen-bond donors (Lipinski definition) is 2. The molecule has 0 saturated heterocycles. The Balaban J connectivity index is 1.75. The van der Waals surface area contributed by atoms with Crippen LogP contribution in [0.3, 0.4) is 0 Å². The zero-order chi connectivity index (χ0) is 15.0. The van der Waals surface area contributed by atoms with E-state index in [4.69, 9.17) is 10.6 Å². The fraction of sp³-hybridized carbons (Fsp3) is 0.750. The van der Waals surface area contributed by atoms with Gasteiger partial charge in [0.1, 0.15) is 17.7 Å². The second-order valence-electron chi connectivity index (χ2n) is 7.52. The number of hydrazine groups is 1. The first-order chi connectivity index (χ1) is 9.95. The number of aromatic nitrogens is 2. The molecule has 2 aliphatic carbocycles. The molecule has 0 amide bonds. The summed E-state index contributed by atoms with van der Waals surface area (Å²) in [6.45, 7) is 6.95. The fourth-order valence-corrected chi connectivity index (χ4v) is 3.62. The number of ether oxygens (including phenoxy) is 1. The third-order valence-electron chi connectivity index (χ3n) is 4.44. The van der Waals surface area contributed by atoms with Gasteiger partial charge in [0.25, 0.3) is 0 Å². The first-order valence-corrected chi connectivity index (χ1v) is 7.97. The monoisotopic (exact) mass is 290 g/mol. The molecule has 21 heavy (non-hydrogen) atoms. The summed E-state index contributed by atoms with van der Waals surface area (Å²) in [6.07, 6.45) is 6.00. The summed E-state index contributed by atoms with van der Waals surface area (Å²) in [7, 11) is 0. The molecule has 0 radical (unpaired) electrons. The normalized spacial score (nSPS) is 28.2. The smallest absolute Gasteiger partial charge is 0.219 e. The topological polar surface area (TPSA) is 73.1 Å². The van der Waals surface area contributed by atoms with Gasteiger partial charge in [0.05, 0.1) is 0 Å². The zero-order valence-corrected chi connectivity index (χ0v) is 13.2. The molecule has 0 aromatic carbocycles. The molecule has 1 aromatic rings. The SMILES string of the molecule is CC1CC(Oc2cc(NN)nc(C3CC3)n2)CC(C)(C)C1. The second-order valence-corrected chi connectivity index (χ2v) is 7.52. The molecule has 2 aliphatic rings. The molecular weight excluding hydrogens is 264 g/mol. The lowest BCUT2D eigenvalue weighted by atomic mass is 9.71. The lowest BCUT2D eigenvalue weighted by molar-refractivity contribution is 0.0530. The number of nitrogens with one attached hydrogen (secondary N) is 1.